The van der Waals surface area contributed by atoms with Crippen LogP contribution in [0.2, 0.25) is 5.02 Å². The van der Waals surface area contributed by atoms with Crippen molar-refractivity contribution in [3.8, 4) is 0 Å². The Morgan fingerprint density at radius 2 is 1.80 bits per heavy atom. The van der Waals surface area contributed by atoms with E-state index < -0.39 is 0 Å². The highest BCUT2D eigenvalue weighted by atomic mass is 35.5. The van der Waals surface area contributed by atoms with E-state index in [1.807, 2.05) is 24.3 Å². The molecule has 0 aliphatic heterocycles. The molecule has 0 spiro atoms. The van der Waals surface area contributed by atoms with Gasteiger partial charge in [-0.3, -0.25) is 4.98 Å². The number of rotatable bonds is 0. The molecular weight excluding hydrogens is 206 g/mol. The van der Waals surface area contributed by atoms with Crippen molar-refractivity contribution >= 4 is 33.3 Å². The Hall–Kier alpha value is -1.60. The summed E-state index contributed by atoms with van der Waals surface area (Å²) in [5, 5.41) is 4.21. The highest BCUT2D eigenvalue weighted by Crippen LogP contribution is 2.25. The lowest BCUT2D eigenvalue weighted by atomic mass is 10.1. The minimum Gasteiger partial charge on any atom is -0.255 e. The molecule has 2 aromatic carbocycles. The van der Waals surface area contributed by atoms with E-state index in [1.54, 1.807) is 6.20 Å². The molecule has 3 rings (SSSR count). The summed E-state index contributed by atoms with van der Waals surface area (Å²) in [6.07, 6.45) is 1.68. The predicted octanol–water partition coefficient (Wildman–Crippen LogP) is 4.04. The van der Waals surface area contributed by atoms with Gasteiger partial charge in [0, 0.05) is 11.6 Å². The first kappa shape index (κ1) is 8.69. The SMILES string of the molecule is Clc1cnc2ccc3ccccc3c2c1. The summed E-state index contributed by atoms with van der Waals surface area (Å²) in [6.45, 7) is 0. The number of halogens is 1. The van der Waals surface area contributed by atoms with Crippen LogP contribution in [0.25, 0.3) is 21.7 Å². The molecule has 72 valence electrons. The molecule has 0 amide bonds. The van der Waals surface area contributed by atoms with Crippen LogP contribution in [-0.4, -0.2) is 4.98 Å². The van der Waals surface area contributed by atoms with Crippen LogP contribution in [0.1, 0.15) is 0 Å². The zero-order valence-corrected chi connectivity index (χ0v) is 8.70. The Morgan fingerprint density at radius 1 is 0.933 bits per heavy atom. The average Bonchev–Trinajstić information content (AvgIpc) is 2.29. The lowest BCUT2D eigenvalue weighted by molar-refractivity contribution is 1.42. The molecule has 2 heteroatoms. The summed E-state index contributed by atoms with van der Waals surface area (Å²) in [4.78, 5) is 4.30. The normalized spacial score (nSPS) is 11.0. The molecule has 1 heterocycles. The van der Waals surface area contributed by atoms with Crippen molar-refractivity contribution < 1.29 is 0 Å². The predicted molar refractivity (Wildman–Crippen MR) is 64.3 cm³/mol. The quantitative estimate of drug-likeness (QED) is 0.514. The first-order valence-electron chi connectivity index (χ1n) is 4.77. The van der Waals surface area contributed by atoms with Gasteiger partial charge in [0.25, 0.3) is 0 Å². The molecule has 0 saturated carbocycles. The smallest absolute Gasteiger partial charge is 0.0709 e. The Bertz CT molecular complexity index is 646. The van der Waals surface area contributed by atoms with Crippen molar-refractivity contribution in [2.45, 2.75) is 0 Å². The number of fused-ring (bicyclic) bond motifs is 3. The first-order chi connectivity index (χ1) is 7.34. The molecule has 1 aromatic heterocycles. The van der Waals surface area contributed by atoms with E-state index in [-0.39, 0.29) is 0 Å². The van der Waals surface area contributed by atoms with Crippen molar-refractivity contribution in [1.29, 1.82) is 0 Å². The van der Waals surface area contributed by atoms with Crippen LogP contribution in [0.4, 0.5) is 0 Å². The highest BCUT2D eigenvalue weighted by Gasteiger charge is 2.00. The topological polar surface area (TPSA) is 12.9 Å². The summed E-state index contributed by atoms with van der Waals surface area (Å²) >= 11 is 5.96. The molecular formula is C13H8ClN. The van der Waals surface area contributed by atoms with E-state index in [9.17, 15) is 0 Å². The first-order valence-corrected chi connectivity index (χ1v) is 5.15. The van der Waals surface area contributed by atoms with Gasteiger partial charge in [0.15, 0.2) is 0 Å². The third-order valence-electron chi connectivity index (χ3n) is 2.56. The fourth-order valence-electron chi connectivity index (χ4n) is 1.85. The standard InChI is InChI=1S/C13H8ClN/c14-10-7-12-11-4-2-1-3-9(11)5-6-13(12)15-8-10/h1-8H. The van der Waals surface area contributed by atoms with Crippen LogP contribution < -0.4 is 0 Å². The third-order valence-corrected chi connectivity index (χ3v) is 2.76. The van der Waals surface area contributed by atoms with E-state index in [4.69, 9.17) is 11.6 Å². The van der Waals surface area contributed by atoms with Crippen molar-refractivity contribution in [2.75, 3.05) is 0 Å². The van der Waals surface area contributed by atoms with Gasteiger partial charge in [-0.05, 0) is 22.9 Å². The Labute approximate surface area is 92.3 Å². The summed E-state index contributed by atoms with van der Waals surface area (Å²) in [5.41, 5.74) is 0.984. The van der Waals surface area contributed by atoms with E-state index in [0.717, 1.165) is 10.9 Å². The van der Waals surface area contributed by atoms with Crippen molar-refractivity contribution in [3.05, 3.63) is 53.7 Å². The van der Waals surface area contributed by atoms with Gasteiger partial charge in [0.05, 0.1) is 10.5 Å². The summed E-state index contributed by atoms with van der Waals surface area (Å²) in [5.74, 6) is 0. The van der Waals surface area contributed by atoms with Crippen LogP contribution in [0.3, 0.4) is 0 Å². The minimum absolute atomic E-state index is 0.679. The Kier molecular flexibility index (Phi) is 1.86. The van der Waals surface area contributed by atoms with E-state index in [1.165, 1.54) is 10.8 Å². The van der Waals surface area contributed by atoms with Gasteiger partial charge in [-0.2, -0.15) is 0 Å². The minimum atomic E-state index is 0.679. The molecule has 0 aliphatic carbocycles. The number of nitrogens with zero attached hydrogens (tertiary/aromatic N) is 1. The van der Waals surface area contributed by atoms with Crippen LogP contribution in [0, 0.1) is 0 Å². The van der Waals surface area contributed by atoms with Crippen molar-refractivity contribution in [3.63, 3.8) is 0 Å². The fourth-order valence-corrected chi connectivity index (χ4v) is 2.01. The van der Waals surface area contributed by atoms with Gasteiger partial charge >= 0.3 is 0 Å². The molecule has 0 atom stereocenters. The van der Waals surface area contributed by atoms with Gasteiger partial charge in [-0.25, -0.2) is 0 Å². The number of pyridine rings is 1. The largest absolute Gasteiger partial charge is 0.255 e. The molecule has 0 unspecified atom stereocenters. The Balaban J connectivity index is 2.57. The second-order valence-corrected chi connectivity index (χ2v) is 3.94. The van der Waals surface area contributed by atoms with Gasteiger partial charge in [-0.1, -0.05) is 41.9 Å². The second kappa shape index (κ2) is 3.21. The number of aromatic nitrogens is 1. The van der Waals surface area contributed by atoms with Gasteiger partial charge in [-0.15, -0.1) is 0 Å². The number of hydrogen-bond donors (Lipinski definition) is 0. The van der Waals surface area contributed by atoms with Gasteiger partial charge < -0.3 is 0 Å². The van der Waals surface area contributed by atoms with Crippen LogP contribution in [-0.2, 0) is 0 Å². The molecule has 0 aliphatic rings. The lowest BCUT2D eigenvalue weighted by Crippen LogP contribution is -1.80. The number of hydrogen-bond acceptors (Lipinski definition) is 1. The maximum Gasteiger partial charge on any atom is 0.0709 e. The third kappa shape index (κ3) is 1.36. The van der Waals surface area contributed by atoms with E-state index >= 15 is 0 Å². The molecule has 0 saturated heterocycles. The highest BCUT2D eigenvalue weighted by molar-refractivity contribution is 6.31. The summed E-state index contributed by atoms with van der Waals surface area (Å²) < 4.78 is 0. The maximum atomic E-state index is 5.96. The molecule has 15 heavy (non-hydrogen) atoms. The Morgan fingerprint density at radius 3 is 2.73 bits per heavy atom. The summed E-state index contributed by atoms with van der Waals surface area (Å²) in [6, 6.07) is 14.3. The maximum absolute atomic E-state index is 5.96. The van der Waals surface area contributed by atoms with Crippen LogP contribution >= 0.6 is 11.6 Å². The van der Waals surface area contributed by atoms with Gasteiger partial charge in [0.2, 0.25) is 0 Å². The second-order valence-electron chi connectivity index (χ2n) is 3.51. The average molecular weight is 214 g/mol. The fraction of sp³-hybridized carbons (Fsp3) is 0. The lowest BCUT2D eigenvalue weighted by Gasteiger charge is -2.02. The van der Waals surface area contributed by atoms with Gasteiger partial charge in [0.1, 0.15) is 0 Å². The monoisotopic (exact) mass is 213 g/mol. The summed E-state index contributed by atoms with van der Waals surface area (Å²) in [7, 11) is 0. The molecule has 0 radical (unpaired) electrons. The van der Waals surface area contributed by atoms with Crippen LogP contribution in [0.5, 0.6) is 0 Å². The van der Waals surface area contributed by atoms with Crippen molar-refractivity contribution in [1.82, 2.24) is 4.98 Å². The van der Waals surface area contributed by atoms with E-state index in [0.29, 0.717) is 5.02 Å². The molecule has 0 bridgehead atoms. The molecule has 0 N–H and O–H groups in total. The number of benzene rings is 2. The van der Waals surface area contributed by atoms with Crippen LogP contribution in [0.15, 0.2) is 48.7 Å². The van der Waals surface area contributed by atoms with Crippen molar-refractivity contribution in [2.24, 2.45) is 0 Å². The zero-order valence-electron chi connectivity index (χ0n) is 7.94. The molecule has 1 nitrogen and oxygen atoms in total. The molecule has 0 fully saturated rings. The zero-order chi connectivity index (χ0) is 10.3. The molecule has 3 aromatic rings. The van der Waals surface area contributed by atoms with E-state index in [2.05, 4.69) is 23.2 Å².